The summed E-state index contributed by atoms with van der Waals surface area (Å²) in [5.41, 5.74) is 8.50. The molecule has 0 saturated carbocycles. The average molecular weight is 419 g/mol. The van der Waals surface area contributed by atoms with Crippen molar-refractivity contribution in [2.24, 2.45) is 11.5 Å². The van der Waals surface area contributed by atoms with Gasteiger partial charge in [-0.15, -0.1) is 0 Å². The fourth-order valence-corrected chi connectivity index (χ4v) is 2.95. The van der Waals surface area contributed by atoms with Crippen molar-refractivity contribution in [3.63, 3.8) is 0 Å². The molecule has 1 unspecified atom stereocenters. The van der Waals surface area contributed by atoms with Crippen molar-refractivity contribution in [1.29, 1.82) is 0 Å². The number of nitrogens with two attached hydrogens (primary N) is 2. The SMILES string of the molecule is CCCCCCCCCCCCCCCCCC(=O)OCC(O)CO.NC(N)=O. The standard InChI is InChI=1S/C21H42O4.CH4N2O/c1-2-3-4-5-6-7-8-9-10-11-12-13-14-15-16-17-21(24)25-19-20(23)18-22;2-1(3)4/h20,22-23H,2-19H2,1H3;(H4,2,3,4). The van der Waals surface area contributed by atoms with E-state index in [2.05, 4.69) is 18.4 Å². The van der Waals surface area contributed by atoms with E-state index in [1.54, 1.807) is 0 Å². The maximum atomic E-state index is 11.4. The Morgan fingerprint density at radius 3 is 1.45 bits per heavy atom. The molecule has 0 aromatic heterocycles. The van der Waals surface area contributed by atoms with Gasteiger partial charge in [0.15, 0.2) is 0 Å². The topological polar surface area (TPSA) is 136 Å². The molecule has 0 aliphatic carbocycles. The third kappa shape index (κ3) is 31.6. The molecule has 6 N–H and O–H groups in total. The van der Waals surface area contributed by atoms with Gasteiger partial charge in [0, 0.05) is 6.42 Å². The van der Waals surface area contributed by atoms with E-state index in [1.807, 2.05) is 0 Å². The van der Waals surface area contributed by atoms with Gasteiger partial charge in [-0.3, -0.25) is 4.79 Å². The lowest BCUT2D eigenvalue weighted by molar-refractivity contribution is -0.147. The monoisotopic (exact) mass is 418 g/mol. The molecule has 2 amide bonds. The van der Waals surface area contributed by atoms with Gasteiger partial charge in [0.25, 0.3) is 0 Å². The zero-order valence-electron chi connectivity index (χ0n) is 18.6. The van der Waals surface area contributed by atoms with E-state index in [9.17, 15) is 4.79 Å². The first-order valence-corrected chi connectivity index (χ1v) is 11.4. The summed E-state index contributed by atoms with van der Waals surface area (Å²) >= 11 is 0. The van der Waals surface area contributed by atoms with Gasteiger partial charge in [0.2, 0.25) is 0 Å². The Bertz CT molecular complexity index is 363. The number of urea groups is 1. The maximum Gasteiger partial charge on any atom is 0.309 e. The molecule has 0 aromatic carbocycles. The number of esters is 1. The second-order valence-electron chi connectivity index (χ2n) is 7.62. The van der Waals surface area contributed by atoms with Gasteiger partial charge in [0.05, 0.1) is 6.61 Å². The number of aliphatic hydroxyl groups excluding tert-OH is 2. The Kier molecular flexibility index (Phi) is 25.4. The fourth-order valence-electron chi connectivity index (χ4n) is 2.95. The predicted molar refractivity (Wildman–Crippen MR) is 117 cm³/mol. The molecule has 0 aromatic rings. The van der Waals surface area contributed by atoms with Gasteiger partial charge in [0.1, 0.15) is 12.7 Å². The highest BCUT2D eigenvalue weighted by atomic mass is 16.5. The summed E-state index contributed by atoms with van der Waals surface area (Å²) in [5.74, 6) is -0.276. The summed E-state index contributed by atoms with van der Waals surface area (Å²) in [6.07, 6.45) is 19.0. The Balaban J connectivity index is 0. The third-order valence-corrected chi connectivity index (χ3v) is 4.63. The highest BCUT2D eigenvalue weighted by Gasteiger charge is 2.07. The molecule has 0 bridgehead atoms. The smallest absolute Gasteiger partial charge is 0.309 e. The second kappa shape index (κ2) is 24.7. The second-order valence-corrected chi connectivity index (χ2v) is 7.62. The highest BCUT2D eigenvalue weighted by Crippen LogP contribution is 2.13. The lowest BCUT2D eigenvalue weighted by atomic mass is 10.0. The molecule has 174 valence electrons. The predicted octanol–water partition coefficient (Wildman–Crippen LogP) is 4.17. The number of primary amides is 2. The van der Waals surface area contributed by atoms with Crippen LogP contribution in [0.4, 0.5) is 4.79 Å². The van der Waals surface area contributed by atoms with Crippen LogP contribution in [0.1, 0.15) is 110 Å². The van der Waals surface area contributed by atoms with Crippen LogP contribution >= 0.6 is 0 Å². The van der Waals surface area contributed by atoms with E-state index in [-0.39, 0.29) is 19.2 Å². The van der Waals surface area contributed by atoms with Crippen LogP contribution < -0.4 is 11.5 Å². The van der Waals surface area contributed by atoms with Crippen molar-refractivity contribution >= 4 is 12.0 Å². The molecule has 1 atom stereocenters. The maximum absolute atomic E-state index is 11.4. The molecule has 29 heavy (non-hydrogen) atoms. The molecule has 0 heterocycles. The lowest BCUT2D eigenvalue weighted by Gasteiger charge is -2.08. The first kappa shape index (κ1) is 29.9. The summed E-state index contributed by atoms with van der Waals surface area (Å²) in [7, 11) is 0. The first-order chi connectivity index (χ1) is 13.9. The Hall–Kier alpha value is -1.34. The number of hydrogen-bond donors (Lipinski definition) is 4. The number of carbonyl (C=O) groups excluding carboxylic acids is 2. The molecule has 7 heteroatoms. The molecule has 0 radical (unpaired) electrons. The number of carbonyl (C=O) groups is 2. The minimum Gasteiger partial charge on any atom is -0.463 e. The molecule has 0 fully saturated rings. The van der Waals surface area contributed by atoms with E-state index >= 15 is 0 Å². The number of unbranched alkanes of at least 4 members (excludes halogenated alkanes) is 14. The summed E-state index contributed by atoms with van der Waals surface area (Å²) in [6.45, 7) is 1.79. The van der Waals surface area contributed by atoms with E-state index in [1.165, 1.54) is 83.5 Å². The molecule has 0 spiro atoms. The largest absolute Gasteiger partial charge is 0.463 e. The number of amides is 2. The Labute approximate surface area is 177 Å². The van der Waals surface area contributed by atoms with Crippen molar-refractivity contribution in [2.45, 2.75) is 116 Å². The molecular formula is C22H46N2O5. The van der Waals surface area contributed by atoms with Crippen LogP contribution in [-0.2, 0) is 9.53 Å². The number of rotatable bonds is 19. The average Bonchev–Trinajstić information content (AvgIpc) is 2.68. The van der Waals surface area contributed by atoms with Crippen LogP contribution in [-0.4, -0.2) is 41.5 Å². The van der Waals surface area contributed by atoms with E-state index in [4.69, 9.17) is 19.7 Å². The van der Waals surface area contributed by atoms with Crippen LogP contribution in [0.3, 0.4) is 0 Å². The van der Waals surface area contributed by atoms with Crippen molar-refractivity contribution in [3.05, 3.63) is 0 Å². The Morgan fingerprint density at radius 2 is 1.10 bits per heavy atom. The molecule has 0 saturated heterocycles. The van der Waals surface area contributed by atoms with Crippen LogP contribution in [0, 0.1) is 0 Å². The molecule has 7 nitrogen and oxygen atoms in total. The zero-order valence-corrected chi connectivity index (χ0v) is 18.6. The minimum absolute atomic E-state index is 0.103. The first-order valence-electron chi connectivity index (χ1n) is 11.4. The van der Waals surface area contributed by atoms with E-state index in [0.29, 0.717) is 6.42 Å². The molecular weight excluding hydrogens is 372 g/mol. The lowest BCUT2D eigenvalue weighted by Crippen LogP contribution is -2.21. The summed E-state index contributed by atoms with van der Waals surface area (Å²) in [6, 6.07) is -0.833. The van der Waals surface area contributed by atoms with Gasteiger partial charge in [-0.2, -0.15) is 0 Å². The Morgan fingerprint density at radius 1 is 0.759 bits per heavy atom. The van der Waals surface area contributed by atoms with Crippen molar-refractivity contribution in [3.8, 4) is 0 Å². The third-order valence-electron chi connectivity index (χ3n) is 4.63. The van der Waals surface area contributed by atoms with Gasteiger partial charge in [-0.05, 0) is 6.42 Å². The van der Waals surface area contributed by atoms with Crippen LogP contribution in [0.25, 0.3) is 0 Å². The van der Waals surface area contributed by atoms with Gasteiger partial charge >= 0.3 is 12.0 Å². The minimum atomic E-state index is -0.954. The highest BCUT2D eigenvalue weighted by molar-refractivity contribution is 5.69. The summed E-state index contributed by atoms with van der Waals surface area (Å²) in [5, 5.41) is 17.7. The molecule has 0 aliphatic rings. The zero-order chi connectivity index (χ0) is 22.2. The van der Waals surface area contributed by atoms with Crippen molar-refractivity contribution in [2.75, 3.05) is 13.2 Å². The van der Waals surface area contributed by atoms with Crippen molar-refractivity contribution < 1.29 is 24.5 Å². The van der Waals surface area contributed by atoms with Crippen LogP contribution in [0.5, 0.6) is 0 Å². The number of ether oxygens (including phenoxy) is 1. The van der Waals surface area contributed by atoms with Gasteiger partial charge in [-0.25, -0.2) is 4.79 Å². The molecule has 0 rings (SSSR count). The van der Waals surface area contributed by atoms with E-state index < -0.39 is 12.1 Å². The number of aliphatic hydroxyl groups is 2. The van der Waals surface area contributed by atoms with Crippen LogP contribution in [0.15, 0.2) is 0 Å². The van der Waals surface area contributed by atoms with Crippen LogP contribution in [0.2, 0.25) is 0 Å². The van der Waals surface area contributed by atoms with Gasteiger partial charge < -0.3 is 26.4 Å². The summed E-state index contributed by atoms with van der Waals surface area (Å²) in [4.78, 5) is 20.4. The molecule has 0 aliphatic heterocycles. The normalized spacial score (nSPS) is 11.4. The van der Waals surface area contributed by atoms with Crippen molar-refractivity contribution in [1.82, 2.24) is 0 Å². The fraction of sp³-hybridized carbons (Fsp3) is 0.909. The number of hydrogen-bond acceptors (Lipinski definition) is 5. The quantitative estimate of drug-likeness (QED) is 0.184. The summed E-state index contributed by atoms with van der Waals surface area (Å²) < 4.78 is 4.86. The van der Waals surface area contributed by atoms with Gasteiger partial charge in [-0.1, -0.05) is 96.8 Å². The van der Waals surface area contributed by atoms with E-state index in [0.717, 1.165) is 12.8 Å².